The number of aliphatic hydroxyl groups excluding tert-OH is 1. The lowest BCUT2D eigenvalue weighted by atomic mass is 9.93. The number of nitrogens with one attached hydrogen (secondary N) is 1. The molecule has 1 heterocycles. The van der Waals surface area contributed by atoms with Crippen molar-refractivity contribution in [3.05, 3.63) is 60.4 Å². The minimum absolute atomic E-state index is 0.0283. The molecule has 1 aromatic heterocycles. The minimum atomic E-state index is -0.705. The van der Waals surface area contributed by atoms with Crippen LogP contribution in [-0.2, 0) is 4.79 Å². The van der Waals surface area contributed by atoms with Gasteiger partial charge in [-0.2, -0.15) is 0 Å². The molecule has 2 N–H and O–H groups in total. The fourth-order valence-electron chi connectivity index (χ4n) is 2.80. The van der Waals surface area contributed by atoms with Gasteiger partial charge < -0.3 is 14.8 Å². The number of hydrogen-bond donors (Lipinski definition) is 2. The zero-order valence-corrected chi connectivity index (χ0v) is 12.9. The van der Waals surface area contributed by atoms with E-state index < -0.39 is 6.10 Å². The largest absolute Gasteiger partial charge is 0.464 e. The fraction of sp³-hybridized carbons (Fsp3) is 0.316. The van der Waals surface area contributed by atoms with Gasteiger partial charge in [0.05, 0.1) is 12.4 Å². The Hall–Kier alpha value is -2.33. The first-order valence-corrected chi connectivity index (χ1v) is 7.98. The van der Waals surface area contributed by atoms with Crippen molar-refractivity contribution in [1.29, 1.82) is 0 Å². The van der Waals surface area contributed by atoms with Crippen LogP contribution in [-0.4, -0.2) is 17.6 Å². The molecule has 1 aliphatic carbocycles. The molecule has 0 aliphatic heterocycles. The first-order valence-electron chi connectivity index (χ1n) is 7.98. The van der Waals surface area contributed by atoms with Crippen molar-refractivity contribution in [2.24, 2.45) is 5.92 Å². The Bertz CT molecular complexity index is 658. The Labute approximate surface area is 135 Å². The topological polar surface area (TPSA) is 62.5 Å². The highest BCUT2D eigenvalue weighted by Gasteiger charge is 2.19. The monoisotopic (exact) mass is 311 g/mol. The molecule has 0 saturated carbocycles. The molecule has 23 heavy (non-hydrogen) atoms. The lowest BCUT2D eigenvalue weighted by Gasteiger charge is -2.19. The Kier molecular flexibility index (Phi) is 4.93. The highest BCUT2D eigenvalue weighted by atomic mass is 16.3. The molecule has 4 nitrogen and oxygen atoms in total. The number of allylic oxidation sites excluding steroid dienone is 2. The predicted octanol–water partition coefficient (Wildman–Crippen LogP) is 3.45. The van der Waals surface area contributed by atoms with Crippen molar-refractivity contribution >= 4 is 5.91 Å². The molecule has 0 bridgehead atoms. The number of furan rings is 1. The van der Waals surface area contributed by atoms with Crippen molar-refractivity contribution in [3.63, 3.8) is 0 Å². The minimum Gasteiger partial charge on any atom is -0.464 e. The van der Waals surface area contributed by atoms with Gasteiger partial charge in [-0.15, -0.1) is 0 Å². The SMILES string of the molecule is O=C(NC[C@@H](O)c1ccc(-c2ccco2)cc1)[C@H]1CC=CCC1. The van der Waals surface area contributed by atoms with E-state index in [1.165, 1.54) is 0 Å². The molecule has 120 valence electrons. The third-order valence-corrected chi connectivity index (χ3v) is 4.21. The molecule has 3 rings (SSSR count). The van der Waals surface area contributed by atoms with Crippen LogP contribution in [0, 0.1) is 5.92 Å². The summed E-state index contributed by atoms with van der Waals surface area (Å²) in [5.41, 5.74) is 1.74. The Morgan fingerprint density at radius 3 is 2.74 bits per heavy atom. The van der Waals surface area contributed by atoms with E-state index in [1.54, 1.807) is 6.26 Å². The van der Waals surface area contributed by atoms with Gasteiger partial charge in [-0.05, 0) is 37.0 Å². The fourth-order valence-corrected chi connectivity index (χ4v) is 2.80. The third-order valence-electron chi connectivity index (χ3n) is 4.21. The number of carbonyl (C=O) groups excluding carboxylic acids is 1. The number of amides is 1. The molecule has 2 atom stereocenters. The van der Waals surface area contributed by atoms with Crippen LogP contribution in [0.2, 0.25) is 0 Å². The summed E-state index contributed by atoms with van der Waals surface area (Å²) in [6, 6.07) is 11.3. The summed E-state index contributed by atoms with van der Waals surface area (Å²) in [4.78, 5) is 12.1. The van der Waals surface area contributed by atoms with E-state index in [-0.39, 0.29) is 18.4 Å². The molecule has 2 aromatic rings. The van der Waals surface area contributed by atoms with E-state index >= 15 is 0 Å². The predicted molar refractivity (Wildman–Crippen MR) is 88.6 cm³/mol. The molecule has 1 aliphatic rings. The smallest absolute Gasteiger partial charge is 0.223 e. The zero-order chi connectivity index (χ0) is 16.1. The third kappa shape index (κ3) is 3.90. The molecule has 0 fully saturated rings. The first kappa shape index (κ1) is 15.6. The van der Waals surface area contributed by atoms with Gasteiger partial charge >= 0.3 is 0 Å². The average Bonchev–Trinajstić information content (AvgIpc) is 3.15. The molecule has 0 spiro atoms. The first-order chi connectivity index (χ1) is 11.2. The second kappa shape index (κ2) is 7.29. The number of carbonyl (C=O) groups is 1. The van der Waals surface area contributed by atoms with Crippen molar-refractivity contribution in [1.82, 2.24) is 5.32 Å². The summed E-state index contributed by atoms with van der Waals surface area (Å²) in [5, 5.41) is 13.1. The maximum atomic E-state index is 12.1. The summed E-state index contributed by atoms with van der Waals surface area (Å²) in [6.07, 6.45) is 7.72. The van der Waals surface area contributed by atoms with Crippen LogP contribution in [0.4, 0.5) is 0 Å². The second-order valence-electron chi connectivity index (χ2n) is 5.84. The van der Waals surface area contributed by atoms with E-state index in [0.717, 1.165) is 36.1 Å². The van der Waals surface area contributed by atoms with Gasteiger partial charge in [0, 0.05) is 18.0 Å². The second-order valence-corrected chi connectivity index (χ2v) is 5.84. The summed E-state index contributed by atoms with van der Waals surface area (Å²) < 4.78 is 5.34. The van der Waals surface area contributed by atoms with Gasteiger partial charge in [0.15, 0.2) is 0 Å². The molecule has 0 saturated heterocycles. The highest BCUT2D eigenvalue weighted by molar-refractivity contribution is 5.79. The normalized spacial score (nSPS) is 18.6. The van der Waals surface area contributed by atoms with Crippen molar-refractivity contribution in [3.8, 4) is 11.3 Å². The van der Waals surface area contributed by atoms with Gasteiger partial charge in [0.2, 0.25) is 5.91 Å². The van der Waals surface area contributed by atoms with Gasteiger partial charge in [0.1, 0.15) is 5.76 Å². The highest BCUT2D eigenvalue weighted by Crippen LogP contribution is 2.22. The number of rotatable bonds is 5. The maximum Gasteiger partial charge on any atom is 0.223 e. The van der Waals surface area contributed by atoms with Crippen molar-refractivity contribution < 1.29 is 14.3 Å². The lowest BCUT2D eigenvalue weighted by molar-refractivity contribution is -0.125. The standard InChI is InChI=1S/C19H21NO3/c21-17(13-20-19(22)16-5-2-1-3-6-16)14-8-10-15(11-9-14)18-7-4-12-23-18/h1-2,4,7-12,16-17,21H,3,5-6,13H2,(H,20,22)/t16-,17+/m0/s1. The van der Waals surface area contributed by atoms with Gasteiger partial charge in [-0.25, -0.2) is 0 Å². The molecule has 0 unspecified atom stereocenters. The molecule has 4 heteroatoms. The molecule has 1 aromatic carbocycles. The Morgan fingerprint density at radius 2 is 2.09 bits per heavy atom. The van der Waals surface area contributed by atoms with Crippen LogP contribution in [0.5, 0.6) is 0 Å². The molecule has 1 amide bonds. The Balaban J connectivity index is 1.54. The van der Waals surface area contributed by atoms with Gasteiger partial charge in [-0.3, -0.25) is 4.79 Å². The van der Waals surface area contributed by atoms with E-state index in [4.69, 9.17) is 4.42 Å². The van der Waals surface area contributed by atoms with Gasteiger partial charge in [0.25, 0.3) is 0 Å². The van der Waals surface area contributed by atoms with Gasteiger partial charge in [-0.1, -0.05) is 36.4 Å². The van der Waals surface area contributed by atoms with Crippen LogP contribution in [0.1, 0.15) is 30.9 Å². The summed E-state index contributed by atoms with van der Waals surface area (Å²) >= 11 is 0. The van der Waals surface area contributed by atoms with E-state index in [1.807, 2.05) is 36.4 Å². The molecular formula is C19H21NO3. The summed E-state index contributed by atoms with van der Waals surface area (Å²) in [6.45, 7) is 0.235. The van der Waals surface area contributed by atoms with E-state index in [2.05, 4.69) is 17.5 Å². The van der Waals surface area contributed by atoms with Crippen molar-refractivity contribution in [2.75, 3.05) is 6.54 Å². The van der Waals surface area contributed by atoms with Crippen LogP contribution in [0.15, 0.2) is 59.2 Å². The average molecular weight is 311 g/mol. The van der Waals surface area contributed by atoms with Crippen LogP contribution >= 0.6 is 0 Å². The van der Waals surface area contributed by atoms with Crippen LogP contribution in [0.25, 0.3) is 11.3 Å². The molecular weight excluding hydrogens is 290 g/mol. The number of aliphatic hydroxyl groups is 1. The quantitative estimate of drug-likeness (QED) is 0.831. The van der Waals surface area contributed by atoms with Crippen molar-refractivity contribution in [2.45, 2.75) is 25.4 Å². The Morgan fingerprint density at radius 1 is 1.26 bits per heavy atom. The zero-order valence-electron chi connectivity index (χ0n) is 12.9. The van der Waals surface area contributed by atoms with Crippen LogP contribution < -0.4 is 5.32 Å². The summed E-state index contributed by atoms with van der Waals surface area (Å²) in [5.74, 6) is 0.860. The molecule has 0 radical (unpaired) electrons. The lowest BCUT2D eigenvalue weighted by Crippen LogP contribution is -2.34. The number of benzene rings is 1. The van der Waals surface area contributed by atoms with Crippen LogP contribution in [0.3, 0.4) is 0 Å². The maximum absolute atomic E-state index is 12.1. The van der Waals surface area contributed by atoms with E-state index in [9.17, 15) is 9.90 Å². The summed E-state index contributed by atoms with van der Waals surface area (Å²) in [7, 11) is 0. The number of hydrogen-bond acceptors (Lipinski definition) is 3. The van der Waals surface area contributed by atoms with E-state index in [0.29, 0.717) is 0 Å².